The molecule has 0 bridgehead atoms. The van der Waals surface area contributed by atoms with Crippen molar-refractivity contribution in [1.29, 1.82) is 0 Å². The molecule has 1 heterocycles. The Bertz CT molecular complexity index is 932. The largest absolute Gasteiger partial charge is 0.335 e. The van der Waals surface area contributed by atoms with E-state index >= 15 is 0 Å². The summed E-state index contributed by atoms with van der Waals surface area (Å²) < 4.78 is 1.32. The molecule has 0 saturated carbocycles. The smallest absolute Gasteiger partial charge is 0.237 e. The molecule has 2 aromatic carbocycles. The van der Waals surface area contributed by atoms with Crippen LogP contribution in [0.2, 0.25) is 10.0 Å². The lowest BCUT2D eigenvalue weighted by atomic mass is 10.2. The summed E-state index contributed by atoms with van der Waals surface area (Å²) in [5, 5.41) is 9.48. The van der Waals surface area contributed by atoms with Gasteiger partial charge in [-0.3, -0.25) is 4.79 Å². The Labute approximate surface area is 164 Å². The van der Waals surface area contributed by atoms with E-state index in [9.17, 15) is 4.79 Å². The van der Waals surface area contributed by atoms with Gasteiger partial charge in [-0.25, -0.2) is 4.68 Å². The first-order valence-electron chi connectivity index (χ1n) is 7.57. The maximum atomic E-state index is 12.4. The highest BCUT2D eigenvalue weighted by Crippen LogP contribution is 2.30. The molecule has 0 radical (unpaired) electrons. The molecule has 2 N–H and O–H groups in total. The van der Waals surface area contributed by atoms with E-state index in [0.717, 1.165) is 5.69 Å². The van der Waals surface area contributed by atoms with Crippen molar-refractivity contribution >= 4 is 46.6 Å². The summed E-state index contributed by atoms with van der Waals surface area (Å²) in [6.07, 6.45) is 0. The number of benzene rings is 2. The van der Waals surface area contributed by atoms with Crippen LogP contribution in [0.3, 0.4) is 0 Å². The summed E-state index contributed by atoms with van der Waals surface area (Å²) in [4.78, 5) is 14.0. The highest BCUT2D eigenvalue weighted by molar-refractivity contribution is 7.99. The third kappa shape index (κ3) is 3.95. The number of nitrogens with two attached hydrogens (primary N) is 1. The summed E-state index contributed by atoms with van der Waals surface area (Å²) in [5.41, 5.74) is 1.44. The first-order chi connectivity index (χ1) is 12.5. The zero-order valence-corrected chi connectivity index (χ0v) is 16.1. The van der Waals surface area contributed by atoms with Crippen LogP contribution in [0.15, 0.2) is 53.7 Å². The monoisotopic (exact) mass is 407 g/mol. The number of carbonyl (C=O) groups excluding carboxylic acids is 1. The van der Waals surface area contributed by atoms with Gasteiger partial charge in [0.2, 0.25) is 11.1 Å². The van der Waals surface area contributed by atoms with E-state index in [1.807, 2.05) is 30.3 Å². The van der Waals surface area contributed by atoms with Crippen LogP contribution in [-0.2, 0) is 4.79 Å². The Morgan fingerprint density at radius 2 is 1.92 bits per heavy atom. The van der Waals surface area contributed by atoms with Gasteiger partial charge >= 0.3 is 0 Å². The SMILES string of the molecule is CN(C(=O)CSc1nnc(-c2ccc(Cl)cc2Cl)n1N)c1ccccc1. The van der Waals surface area contributed by atoms with Crippen LogP contribution in [0.4, 0.5) is 5.69 Å². The summed E-state index contributed by atoms with van der Waals surface area (Å²) >= 11 is 13.3. The molecule has 0 saturated heterocycles. The number of nitrogen functional groups attached to an aromatic ring is 1. The lowest BCUT2D eigenvalue weighted by molar-refractivity contribution is -0.115. The first kappa shape index (κ1) is 18.6. The molecule has 0 fully saturated rings. The van der Waals surface area contributed by atoms with Crippen LogP contribution in [-0.4, -0.2) is 33.6 Å². The molecule has 3 aromatic rings. The van der Waals surface area contributed by atoms with Crippen molar-refractivity contribution in [2.24, 2.45) is 0 Å². The average molecular weight is 408 g/mol. The molecular weight excluding hydrogens is 393 g/mol. The quantitative estimate of drug-likeness (QED) is 0.514. The normalized spacial score (nSPS) is 10.7. The van der Waals surface area contributed by atoms with E-state index in [0.29, 0.717) is 26.6 Å². The third-order valence-electron chi connectivity index (χ3n) is 3.68. The maximum absolute atomic E-state index is 12.4. The van der Waals surface area contributed by atoms with Crippen LogP contribution in [0, 0.1) is 0 Å². The van der Waals surface area contributed by atoms with Gasteiger partial charge in [0.25, 0.3) is 0 Å². The van der Waals surface area contributed by atoms with Crippen LogP contribution < -0.4 is 10.7 Å². The van der Waals surface area contributed by atoms with E-state index in [-0.39, 0.29) is 11.7 Å². The second kappa shape index (κ2) is 7.99. The van der Waals surface area contributed by atoms with E-state index in [4.69, 9.17) is 29.0 Å². The van der Waals surface area contributed by atoms with Crippen molar-refractivity contribution in [2.75, 3.05) is 23.5 Å². The molecule has 0 unspecified atom stereocenters. The van der Waals surface area contributed by atoms with Crippen molar-refractivity contribution in [1.82, 2.24) is 14.9 Å². The van der Waals surface area contributed by atoms with Gasteiger partial charge in [0.15, 0.2) is 5.82 Å². The molecule has 0 aliphatic heterocycles. The minimum absolute atomic E-state index is 0.0738. The Morgan fingerprint density at radius 3 is 2.62 bits per heavy atom. The average Bonchev–Trinajstić information content (AvgIpc) is 3.00. The Balaban J connectivity index is 1.72. The number of rotatable bonds is 5. The van der Waals surface area contributed by atoms with Gasteiger partial charge in [-0.15, -0.1) is 10.2 Å². The number of aromatic nitrogens is 3. The van der Waals surface area contributed by atoms with Crippen molar-refractivity contribution in [2.45, 2.75) is 5.16 Å². The number of amides is 1. The number of hydrogen-bond acceptors (Lipinski definition) is 5. The van der Waals surface area contributed by atoms with Crippen molar-refractivity contribution in [3.8, 4) is 11.4 Å². The number of para-hydroxylation sites is 1. The molecule has 0 aliphatic carbocycles. The summed E-state index contributed by atoms with van der Waals surface area (Å²) in [6, 6.07) is 14.4. The molecular formula is C17H15Cl2N5OS. The summed E-state index contributed by atoms with van der Waals surface area (Å²) in [7, 11) is 1.73. The summed E-state index contributed by atoms with van der Waals surface area (Å²) in [5.74, 6) is 6.57. The number of thioether (sulfide) groups is 1. The topological polar surface area (TPSA) is 77.0 Å². The Kier molecular flexibility index (Phi) is 5.70. The van der Waals surface area contributed by atoms with Crippen LogP contribution in [0.1, 0.15) is 0 Å². The van der Waals surface area contributed by atoms with E-state index in [1.54, 1.807) is 30.1 Å². The second-order valence-corrected chi connectivity index (χ2v) is 7.16. The minimum atomic E-state index is -0.0738. The molecule has 6 nitrogen and oxygen atoms in total. The zero-order valence-electron chi connectivity index (χ0n) is 13.8. The highest BCUT2D eigenvalue weighted by Gasteiger charge is 2.17. The van der Waals surface area contributed by atoms with E-state index < -0.39 is 0 Å². The van der Waals surface area contributed by atoms with E-state index in [1.165, 1.54) is 16.4 Å². The maximum Gasteiger partial charge on any atom is 0.237 e. The molecule has 3 rings (SSSR count). The van der Waals surface area contributed by atoms with Crippen LogP contribution >= 0.6 is 35.0 Å². The number of carbonyl (C=O) groups is 1. The fourth-order valence-corrected chi connectivity index (χ4v) is 3.51. The molecule has 9 heteroatoms. The Hall–Kier alpha value is -2.22. The van der Waals surface area contributed by atoms with Gasteiger partial charge in [-0.1, -0.05) is 53.2 Å². The molecule has 0 spiro atoms. The van der Waals surface area contributed by atoms with Gasteiger partial charge in [0.05, 0.1) is 10.8 Å². The lowest BCUT2D eigenvalue weighted by Gasteiger charge is -2.16. The first-order valence-corrected chi connectivity index (χ1v) is 9.32. The van der Waals surface area contributed by atoms with Crippen molar-refractivity contribution in [3.05, 3.63) is 58.6 Å². The van der Waals surface area contributed by atoms with Gasteiger partial charge in [0, 0.05) is 23.3 Å². The molecule has 134 valence electrons. The van der Waals surface area contributed by atoms with Gasteiger partial charge in [0.1, 0.15) is 0 Å². The minimum Gasteiger partial charge on any atom is -0.335 e. The number of anilines is 1. The number of halogens is 2. The molecule has 26 heavy (non-hydrogen) atoms. The third-order valence-corrected chi connectivity index (χ3v) is 5.15. The predicted octanol–water partition coefficient (Wildman–Crippen LogP) is 3.72. The Morgan fingerprint density at radius 1 is 1.19 bits per heavy atom. The zero-order chi connectivity index (χ0) is 18.7. The highest BCUT2D eigenvalue weighted by atomic mass is 35.5. The van der Waals surface area contributed by atoms with Crippen LogP contribution in [0.5, 0.6) is 0 Å². The predicted molar refractivity (Wildman–Crippen MR) is 106 cm³/mol. The van der Waals surface area contributed by atoms with Crippen molar-refractivity contribution in [3.63, 3.8) is 0 Å². The van der Waals surface area contributed by atoms with E-state index in [2.05, 4.69) is 10.2 Å². The lowest BCUT2D eigenvalue weighted by Crippen LogP contribution is -2.28. The van der Waals surface area contributed by atoms with Crippen molar-refractivity contribution < 1.29 is 4.79 Å². The van der Waals surface area contributed by atoms with Gasteiger partial charge < -0.3 is 10.7 Å². The van der Waals surface area contributed by atoms with Gasteiger partial charge in [-0.05, 0) is 30.3 Å². The molecule has 1 aromatic heterocycles. The molecule has 0 atom stereocenters. The van der Waals surface area contributed by atoms with Crippen LogP contribution in [0.25, 0.3) is 11.4 Å². The molecule has 1 amide bonds. The van der Waals surface area contributed by atoms with Gasteiger partial charge in [-0.2, -0.15) is 0 Å². The number of nitrogens with zero attached hydrogens (tertiary/aromatic N) is 4. The fraction of sp³-hybridized carbons (Fsp3) is 0.118. The molecule has 0 aliphatic rings. The fourth-order valence-electron chi connectivity index (χ4n) is 2.25. The second-order valence-electron chi connectivity index (χ2n) is 5.38. The number of hydrogen-bond donors (Lipinski definition) is 1. The summed E-state index contributed by atoms with van der Waals surface area (Å²) in [6.45, 7) is 0. The standard InChI is InChI=1S/C17H15Cl2N5OS/c1-23(12-5-3-2-4-6-12)15(25)10-26-17-22-21-16(24(17)20)13-8-7-11(18)9-14(13)19/h2-9H,10,20H2,1H3.